The Bertz CT molecular complexity index is 357. The van der Waals surface area contributed by atoms with Gasteiger partial charge in [0.05, 0.1) is 6.54 Å². The van der Waals surface area contributed by atoms with Crippen LogP contribution in [0.5, 0.6) is 0 Å². The zero-order chi connectivity index (χ0) is 14.5. The van der Waals surface area contributed by atoms with Gasteiger partial charge in [-0.2, -0.15) is 0 Å². The monoisotopic (exact) mass is 281 g/mol. The zero-order valence-electron chi connectivity index (χ0n) is 12.7. The van der Waals surface area contributed by atoms with Crippen molar-refractivity contribution in [1.29, 1.82) is 0 Å². The van der Waals surface area contributed by atoms with E-state index in [0.29, 0.717) is 24.9 Å². The van der Waals surface area contributed by atoms with E-state index in [-0.39, 0.29) is 11.8 Å². The van der Waals surface area contributed by atoms with Crippen LogP contribution in [0.3, 0.4) is 0 Å². The average molecular weight is 281 g/mol. The first-order valence-electron chi connectivity index (χ1n) is 7.85. The van der Waals surface area contributed by atoms with Crippen molar-refractivity contribution in [2.24, 2.45) is 5.92 Å². The molecule has 2 saturated heterocycles. The van der Waals surface area contributed by atoms with Crippen molar-refractivity contribution >= 4 is 11.8 Å². The van der Waals surface area contributed by atoms with E-state index in [4.69, 9.17) is 0 Å². The molecule has 1 unspecified atom stereocenters. The maximum atomic E-state index is 12.1. The minimum absolute atomic E-state index is 0.114. The van der Waals surface area contributed by atoms with Crippen molar-refractivity contribution in [1.82, 2.24) is 15.1 Å². The van der Waals surface area contributed by atoms with E-state index >= 15 is 0 Å². The Morgan fingerprint density at radius 3 is 2.75 bits per heavy atom. The molecule has 2 aliphatic heterocycles. The van der Waals surface area contributed by atoms with Crippen LogP contribution in [0.2, 0.25) is 0 Å². The molecule has 2 amide bonds. The number of hydrogen-bond acceptors (Lipinski definition) is 3. The molecule has 5 nitrogen and oxygen atoms in total. The maximum absolute atomic E-state index is 12.1. The van der Waals surface area contributed by atoms with Gasteiger partial charge in [-0.15, -0.1) is 0 Å². The molecule has 5 heteroatoms. The van der Waals surface area contributed by atoms with E-state index in [0.717, 1.165) is 45.4 Å². The molecule has 2 heterocycles. The molecule has 1 N–H and O–H groups in total. The predicted molar refractivity (Wildman–Crippen MR) is 78.3 cm³/mol. The maximum Gasteiger partial charge on any atom is 0.234 e. The Morgan fingerprint density at radius 2 is 2.05 bits per heavy atom. The largest absolute Gasteiger partial charge is 0.354 e. The summed E-state index contributed by atoms with van der Waals surface area (Å²) in [5.41, 5.74) is 0. The van der Waals surface area contributed by atoms with Crippen molar-refractivity contribution in [2.75, 3.05) is 32.7 Å². The summed E-state index contributed by atoms with van der Waals surface area (Å²) in [4.78, 5) is 27.9. The van der Waals surface area contributed by atoms with Gasteiger partial charge >= 0.3 is 0 Å². The number of amides is 2. The average Bonchev–Trinajstić information content (AvgIpc) is 2.58. The lowest BCUT2D eigenvalue weighted by Crippen LogP contribution is -2.51. The highest BCUT2D eigenvalue weighted by molar-refractivity contribution is 5.79. The van der Waals surface area contributed by atoms with Gasteiger partial charge < -0.3 is 10.2 Å². The first-order valence-corrected chi connectivity index (χ1v) is 7.85. The topological polar surface area (TPSA) is 52.6 Å². The molecule has 0 bridgehead atoms. The molecule has 0 saturated carbocycles. The van der Waals surface area contributed by atoms with Crippen LogP contribution in [0, 0.1) is 5.92 Å². The Balaban J connectivity index is 1.87. The van der Waals surface area contributed by atoms with Crippen LogP contribution < -0.4 is 5.32 Å². The van der Waals surface area contributed by atoms with Gasteiger partial charge in [-0.3, -0.25) is 14.5 Å². The number of carbonyl (C=O) groups is 2. The second-order valence-corrected chi connectivity index (χ2v) is 6.36. The van der Waals surface area contributed by atoms with Gasteiger partial charge in [-0.25, -0.2) is 0 Å². The first kappa shape index (κ1) is 15.3. The van der Waals surface area contributed by atoms with Gasteiger partial charge in [-0.05, 0) is 25.2 Å². The molecule has 0 aliphatic carbocycles. The SMILES string of the molecule is CC(C)CCN1CCC(N2CCNC(=O)C2)CCC1=O. The van der Waals surface area contributed by atoms with Gasteiger partial charge in [-0.1, -0.05) is 13.8 Å². The number of likely N-dealkylation sites (tertiary alicyclic amines) is 1. The molecular weight excluding hydrogens is 254 g/mol. The lowest BCUT2D eigenvalue weighted by atomic mass is 10.1. The van der Waals surface area contributed by atoms with Crippen molar-refractivity contribution in [3.8, 4) is 0 Å². The number of hydrogen-bond donors (Lipinski definition) is 1. The predicted octanol–water partition coefficient (Wildman–Crippen LogP) is 0.845. The van der Waals surface area contributed by atoms with E-state index in [1.807, 2.05) is 4.90 Å². The standard InChI is InChI=1S/C15H27N3O2/c1-12(2)5-8-17-9-6-13(3-4-15(17)20)18-10-7-16-14(19)11-18/h12-13H,3-11H2,1-2H3,(H,16,19). The molecule has 0 aromatic rings. The first-order chi connectivity index (χ1) is 9.56. The summed E-state index contributed by atoms with van der Waals surface area (Å²) in [7, 11) is 0. The van der Waals surface area contributed by atoms with E-state index < -0.39 is 0 Å². The highest BCUT2D eigenvalue weighted by atomic mass is 16.2. The fourth-order valence-electron chi connectivity index (χ4n) is 3.01. The Hall–Kier alpha value is -1.10. The van der Waals surface area contributed by atoms with E-state index in [1.54, 1.807) is 0 Å². The van der Waals surface area contributed by atoms with Gasteiger partial charge in [0, 0.05) is 38.6 Å². The van der Waals surface area contributed by atoms with Crippen molar-refractivity contribution in [3.63, 3.8) is 0 Å². The second kappa shape index (κ2) is 7.07. The molecule has 0 aromatic carbocycles. The lowest BCUT2D eigenvalue weighted by Gasteiger charge is -2.33. The van der Waals surface area contributed by atoms with Crippen molar-refractivity contribution in [2.45, 2.75) is 45.6 Å². The van der Waals surface area contributed by atoms with Gasteiger partial charge in [0.25, 0.3) is 0 Å². The summed E-state index contributed by atoms with van der Waals surface area (Å²) < 4.78 is 0. The summed E-state index contributed by atoms with van der Waals surface area (Å²) in [5.74, 6) is 1.03. The summed E-state index contributed by atoms with van der Waals surface area (Å²) >= 11 is 0. The second-order valence-electron chi connectivity index (χ2n) is 6.36. The molecule has 0 spiro atoms. The van der Waals surface area contributed by atoms with E-state index in [1.165, 1.54) is 0 Å². The molecule has 2 rings (SSSR count). The number of piperazine rings is 1. The number of nitrogens with one attached hydrogen (secondary N) is 1. The van der Waals surface area contributed by atoms with E-state index in [2.05, 4.69) is 24.1 Å². The van der Waals surface area contributed by atoms with Crippen LogP contribution in [-0.4, -0.2) is 60.4 Å². The van der Waals surface area contributed by atoms with Crippen LogP contribution in [0.1, 0.15) is 39.5 Å². The number of rotatable bonds is 4. The smallest absolute Gasteiger partial charge is 0.234 e. The summed E-state index contributed by atoms with van der Waals surface area (Å²) in [6, 6.07) is 0.383. The van der Waals surface area contributed by atoms with Crippen molar-refractivity contribution < 1.29 is 9.59 Å². The zero-order valence-corrected chi connectivity index (χ0v) is 12.7. The molecule has 0 radical (unpaired) electrons. The normalized spacial score (nSPS) is 25.8. The Labute approximate surface area is 121 Å². The highest BCUT2D eigenvalue weighted by Gasteiger charge is 2.28. The number of carbonyl (C=O) groups excluding carboxylic acids is 2. The fraction of sp³-hybridized carbons (Fsp3) is 0.867. The van der Waals surface area contributed by atoms with Crippen LogP contribution in [0.25, 0.3) is 0 Å². The van der Waals surface area contributed by atoms with Crippen LogP contribution in [0.15, 0.2) is 0 Å². The molecule has 114 valence electrons. The van der Waals surface area contributed by atoms with Gasteiger partial charge in [0.1, 0.15) is 0 Å². The molecular formula is C15H27N3O2. The van der Waals surface area contributed by atoms with Crippen LogP contribution in [0.4, 0.5) is 0 Å². The van der Waals surface area contributed by atoms with E-state index in [9.17, 15) is 9.59 Å². The molecule has 1 atom stereocenters. The highest BCUT2D eigenvalue weighted by Crippen LogP contribution is 2.19. The Morgan fingerprint density at radius 1 is 1.25 bits per heavy atom. The minimum Gasteiger partial charge on any atom is -0.354 e. The molecule has 2 fully saturated rings. The van der Waals surface area contributed by atoms with Crippen LogP contribution >= 0.6 is 0 Å². The number of nitrogens with zero attached hydrogens (tertiary/aromatic N) is 2. The lowest BCUT2D eigenvalue weighted by molar-refractivity contribution is -0.130. The summed E-state index contributed by atoms with van der Waals surface area (Å²) in [6.45, 7) is 8.24. The summed E-state index contributed by atoms with van der Waals surface area (Å²) in [6.07, 6.45) is 3.59. The third-order valence-corrected chi connectivity index (χ3v) is 4.34. The van der Waals surface area contributed by atoms with Crippen LogP contribution in [-0.2, 0) is 9.59 Å². The van der Waals surface area contributed by atoms with Gasteiger partial charge in [0.15, 0.2) is 0 Å². The Kier molecular flexibility index (Phi) is 5.40. The third-order valence-electron chi connectivity index (χ3n) is 4.34. The molecule has 20 heavy (non-hydrogen) atoms. The molecule has 0 aromatic heterocycles. The third kappa shape index (κ3) is 4.20. The quantitative estimate of drug-likeness (QED) is 0.831. The van der Waals surface area contributed by atoms with Gasteiger partial charge in [0.2, 0.25) is 11.8 Å². The van der Waals surface area contributed by atoms with Crippen molar-refractivity contribution in [3.05, 3.63) is 0 Å². The molecule has 2 aliphatic rings. The summed E-state index contributed by atoms with van der Waals surface area (Å²) in [5, 5.41) is 2.86. The minimum atomic E-state index is 0.114. The fourth-order valence-corrected chi connectivity index (χ4v) is 3.01.